The summed E-state index contributed by atoms with van der Waals surface area (Å²) in [5.41, 5.74) is -0.212. The predicted octanol–water partition coefficient (Wildman–Crippen LogP) is 2.53. The first-order chi connectivity index (χ1) is 9.04. The molecule has 0 bridgehead atoms. The summed E-state index contributed by atoms with van der Waals surface area (Å²) in [7, 11) is 1.23. The van der Waals surface area contributed by atoms with Gasteiger partial charge in [0.1, 0.15) is 0 Å². The molecule has 1 aromatic carbocycles. The Labute approximate surface area is 116 Å². The van der Waals surface area contributed by atoms with E-state index < -0.39 is 17.3 Å². The van der Waals surface area contributed by atoms with Crippen molar-refractivity contribution in [3.8, 4) is 5.69 Å². The summed E-state index contributed by atoms with van der Waals surface area (Å²) in [5.74, 6) is -1.17. The molecule has 0 N–H and O–H groups in total. The largest absolute Gasteiger partial charge is 0.465 e. The monoisotopic (exact) mass is 325 g/mol. The lowest BCUT2D eigenvalue weighted by Gasteiger charge is -2.09. The fourth-order valence-corrected chi connectivity index (χ4v) is 1.95. The zero-order valence-electron chi connectivity index (χ0n) is 9.89. The molecule has 0 amide bonds. The van der Waals surface area contributed by atoms with E-state index in [1.54, 1.807) is 6.07 Å². The second-order valence-corrected chi connectivity index (χ2v) is 4.54. The molecule has 0 atom stereocenters. The minimum Gasteiger partial charge on any atom is -0.465 e. The maximum atomic E-state index is 14.0. The van der Waals surface area contributed by atoms with Crippen LogP contribution in [0.5, 0.6) is 0 Å². The Morgan fingerprint density at radius 1 is 1.32 bits per heavy atom. The number of carbonyl (C=O) groups is 1. The van der Waals surface area contributed by atoms with E-state index in [4.69, 9.17) is 0 Å². The molecule has 19 heavy (non-hydrogen) atoms. The summed E-state index contributed by atoms with van der Waals surface area (Å²) < 4.78 is 19.8. The van der Waals surface area contributed by atoms with E-state index in [-0.39, 0.29) is 15.7 Å². The van der Waals surface area contributed by atoms with Crippen LogP contribution in [-0.2, 0) is 4.74 Å². The average molecular weight is 326 g/mol. The molecule has 0 saturated carbocycles. The van der Waals surface area contributed by atoms with E-state index in [1.807, 2.05) is 0 Å². The number of hydrogen-bond donors (Lipinski definition) is 0. The maximum absolute atomic E-state index is 14.0. The van der Waals surface area contributed by atoms with Crippen molar-refractivity contribution in [1.29, 1.82) is 0 Å². The van der Waals surface area contributed by atoms with E-state index in [0.29, 0.717) is 0 Å². The quantitative estimate of drug-likeness (QED) is 0.797. The molecular formula is C13H9BrFNO3. The van der Waals surface area contributed by atoms with E-state index in [0.717, 1.165) is 4.57 Å². The van der Waals surface area contributed by atoms with E-state index in [9.17, 15) is 14.0 Å². The summed E-state index contributed by atoms with van der Waals surface area (Å²) in [4.78, 5) is 23.2. The summed E-state index contributed by atoms with van der Waals surface area (Å²) in [6.45, 7) is 0. The Bertz CT molecular complexity index is 697. The third-order valence-corrected chi connectivity index (χ3v) is 3.14. The van der Waals surface area contributed by atoms with Crippen LogP contribution in [0.4, 0.5) is 4.39 Å². The maximum Gasteiger partial charge on any atom is 0.339 e. The molecule has 6 heteroatoms. The molecule has 2 aromatic rings. The van der Waals surface area contributed by atoms with Gasteiger partial charge < -0.3 is 4.74 Å². The average Bonchev–Trinajstić information content (AvgIpc) is 2.42. The highest BCUT2D eigenvalue weighted by atomic mass is 79.9. The van der Waals surface area contributed by atoms with Gasteiger partial charge in [-0.2, -0.15) is 0 Å². The normalized spacial score (nSPS) is 10.3. The van der Waals surface area contributed by atoms with Crippen molar-refractivity contribution in [2.45, 2.75) is 0 Å². The van der Waals surface area contributed by atoms with Crippen LogP contribution in [0.1, 0.15) is 10.4 Å². The molecule has 0 unspecified atom stereocenters. The molecule has 0 aliphatic rings. The van der Waals surface area contributed by atoms with Gasteiger partial charge in [0.25, 0.3) is 5.56 Å². The molecule has 0 aliphatic carbocycles. The SMILES string of the molecule is COC(=O)c1ccc(=O)n(-c2cccc(Br)c2F)c1. The lowest BCUT2D eigenvalue weighted by atomic mass is 10.2. The van der Waals surface area contributed by atoms with Crippen molar-refractivity contribution in [3.05, 3.63) is 62.7 Å². The number of hydrogen-bond acceptors (Lipinski definition) is 3. The fraction of sp³-hybridized carbons (Fsp3) is 0.0769. The molecular weight excluding hydrogens is 317 g/mol. The third-order valence-electron chi connectivity index (χ3n) is 2.52. The Hall–Kier alpha value is -1.95. The van der Waals surface area contributed by atoms with Gasteiger partial charge in [0.05, 0.1) is 22.8 Å². The van der Waals surface area contributed by atoms with Crippen LogP contribution in [0.3, 0.4) is 0 Å². The number of halogens is 2. The Kier molecular flexibility index (Phi) is 3.80. The van der Waals surface area contributed by atoms with Gasteiger partial charge in [-0.05, 0) is 34.1 Å². The highest BCUT2D eigenvalue weighted by Gasteiger charge is 2.12. The van der Waals surface area contributed by atoms with Crippen molar-refractivity contribution < 1.29 is 13.9 Å². The molecule has 0 spiro atoms. The molecule has 98 valence electrons. The fourth-order valence-electron chi connectivity index (χ4n) is 1.59. The van der Waals surface area contributed by atoms with E-state index in [2.05, 4.69) is 20.7 Å². The minimum absolute atomic E-state index is 0.0603. The van der Waals surface area contributed by atoms with Crippen molar-refractivity contribution in [1.82, 2.24) is 4.57 Å². The Balaban J connectivity index is 2.65. The smallest absolute Gasteiger partial charge is 0.339 e. The number of benzene rings is 1. The number of nitrogens with zero attached hydrogens (tertiary/aromatic N) is 1. The number of methoxy groups -OCH3 is 1. The number of carbonyl (C=O) groups excluding carboxylic acids is 1. The topological polar surface area (TPSA) is 48.3 Å². The van der Waals surface area contributed by atoms with Crippen LogP contribution >= 0.6 is 15.9 Å². The Morgan fingerprint density at radius 3 is 2.74 bits per heavy atom. The van der Waals surface area contributed by atoms with Crippen LogP contribution in [-0.4, -0.2) is 17.6 Å². The molecule has 0 fully saturated rings. The minimum atomic E-state index is -0.593. The molecule has 2 rings (SSSR count). The number of aromatic nitrogens is 1. The van der Waals surface area contributed by atoms with Crippen molar-refractivity contribution in [2.75, 3.05) is 7.11 Å². The van der Waals surface area contributed by atoms with Crippen molar-refractivity contribution in [3.63, 3.8) is 0 Å². The van der Waals surface area contributed by atoms with Crippen LogP contribution in [0.2, 0.25) is 0 Å². The van der Waals surface area contributed by atoms with Gasteiger partial charge in [-0.3, -0.25) is 9.36 Å². The summed E-state index contributed by atoms with van der Waals surface area (Å²) in [6.07, 6.45) is 1.25. The van der Waals surface area contributed by atoms with E-state index in [1.165, 1.54) is 37.6 Å². The van der Waals surface area contributed by atoms with Crippen LogP contribution < -0.4 is 5.56 Å². The van der Waals surface area contributed by atoms with Gasteiger partial charge in [0.2, 0.25) is 0 Å². The number of esters is 1. The second-order valence-electron chi connectivity index (χ2n) is 3.69. The molecule has 0 radical (unpaired) electrons. The van der Waals surface area contributed by atoms with Crippen molar-refractivity contribution in [2.24, 2.45) is 0 Å². The zero-order chi connectivity index (χ0) is 14.0. The lowest BCUT2D eigenvalue weighted by Crippen LogP contribution is -2.19. The number of ether oxygens (including phenoxy) is 1. The molecule has 4 nitrogen and oxygen atoms in total. The summed E-state index contributed by atoms with van der Waals surface area (Å²) in [6, 6.07) is 7.09. The van der Waals surface area contributed by atoms with Crippen LogP contribution in [0.25, 0.3) is 5.69 Å². The van der Waals surface area contributed by atoms with Crippen LogP contribution in [0.15, 0.2) is 45.8 Å². The first kappa shape index (κ1) is 13.5. The Morgan fingerprint density at radius 2 is 2.05 bits per heavy atom. The number of pyridine rings is 1. The van der Waals surface area contributed by atoms with Gasteiger partial charge in [-0.25, -0.2) is 9.18 Å². The molecule has 0 saturated heterocycles. The van der Waals surface area contributed by atoms with Gasteiger partial charge in [-0.1, -0.05) is 6.07 Å². The highest BCUT2D eigenvalue weighted by Crippen LogP contribution is 2.21. The number of rotatable bonds is 2. The zero-order valence-corrected chi connectivity index (χ0v) is 11.5. The van der Waals surface area contributed by atoms with Gasteiger partial charge in [-0.15, -0.1) is 0 Å². The van der Waals surface area contributed by atoms with Gasteiger partial charge >= 0.3 is 5.97 Å². The summed E-state index contributed by atoms with van der Waals surface area (Å²) in [5, 5.41) is 0. The van der Waals surface area contributed by atoms with Crippen LogP contribution in [0, 0.1) is 5.82 Å². The first-order valence-electron chi connectivity index (χ1n) is 5.30. The molecule has 1 aromatic heterocycles. The highest BCUT2D eigenvalue weighted by molar-refractivity contribution is 9.10. The lowest BCUT2D eigenvalue weighted by molar-refractivity contribution is 0.0600. The second kappa shape index (κ2) is 5.36. The van der Waals surface area contributed by atoms with E-state index >= 15 is 0 Å². The van der Waals surface area contributed by atoms with Gasteiger partial charge in [0, 0.05) is 12.3 Å². The molecule has 0 aliphatic heterocycles. The van der Waals surface area contributed by atoms with Gasteiger partial charge in [0.15, 0.2) is 5.82 Å². The van der Waals surface area contributed by atoms with Crippen molar-refractivity contribution >= 4 is 21.9 Å². The first-order valence-corrected chi connectivity index (χ1v) is 6.09. The summed E-state index contributed by atoms with van der Waals surface area (Å²) >= 11 is 3.05. The molecule has 1 heterocycles. The standard InChI is InChI=1S/C13H9BrFNO3/c1-19-13(18)8-5-6-11(17)16(7-8)10-4-2-3-9(14)12(10)15/h2-7H,1H3. The third kappa shape index (κ3) is 2.58. The predicted molar refractivity (Wildman–Crippen MR) is 71.0 cm³/mol.